The molecular formula is C12H12ClF. The van der Waals surface area contributed by atoms with Crippen molar-refractivity contribution in [3.05, 3.63) is 40.7 Å². The van der Waals surface area contributed by atoms with Gasteiger partial charge in [-0.05, 0) is 35.8 Å². The van der Waals surface area contributed by atoms with Crippen LogP contribution >= 0.6 is 11.6 Å². The molecule has 2 rings (SSSR count). The maximum Gasteiger partial charge on any atom is 0.123 e. The molecule has 0 aromatic heterocycles. The summed E-state index contributed by atoms with van der Waals surface area (Å²) in [6.07, 6.45) is 0. The molecule has 1 aliphatic carbocycles. The predicted octanol–water partition coefficient (Wildman–Crippen LogP) is 4.09. The summed E-state index contributed by atoms with van der Waals surface area (Å²) in [5, 5.41) is 0.769. The van der Waals surface area contributed by atoms with Crippen LogP contribution in [0.5, 0.6) is 0 Å². The molecular weight excluding hydrogens is 199 g/mol. The highest BCUT2D eigenvalue weighted by molar-refractivity contribution is 6.50. The molecule has 0 nitrogen and oxygen atoms in total. The zero-order valence-electron chi connectivity index (χ0n) is 8.49. The molecule has 1 aliphatic rings. The highest BCUT2D eigenvalue weighted by Gasteiger charge is 2.34. The summed E-state index contributed by atoms with van der Waals surface area (Å²) < 4.78 is 13.1. The first-order chi connectivity index (χ1) is 6.44. The fourth-order valence-electron chi connectivity index (χ4n) is 1.90. The van der Waals surface area contributed by atoms with Crippen LogP contribution in [0, 0.1) is 5.82 Å². The lowest BCUT2D eigenvalue weighted by Gasteiger charge is -2.21. The largest absolute Gasteiger partial charge is 0.207 e. The van der Waals surface area contributed by atoms with Crippen molar-refractivity contribution in [1.29, 1.82) is 0 Å². The van der Waals surface area contributed by atoms with E-state index in [1.807, 2.05) is 6.92 Å². The molecule has 0 heterocycles. The molecule has 0 saturated heterocycles. The summed E-state index contributed by atoms with van der Waals surface area (Å²) in [6.45, 7) is 6.13. The number of hydrogen-bond donors (Lipinski definition) is 0. The predicted molar refractivity (Wildman–Crippen MR) is 57.9 cm³/mol. The van der Waals surface area contributed by atoms with Gasteiger partial charge in [-0.25, -0.2) is 4.39 Å². The molecule has 0 unspecified atom stereocenters. The van der Waals surface area contributed by atoms with Gasteiger partial charge in [0.15, 0.2) is 0 Å². The average molecular weight is 211 g/mol. The molecule has 1 aromatic carbocycles. The Hall–Kier alpha value is -0.820. The van der Waals surface area contributed by atoms with Crippen LogP contribution in [0.4, 0.5) is 4.39 Å². The summed E-state index contributed by atoms with van der Waals surface area (Å²) in [5.74, 6) is -0.198. The Kier molecular flexibility index (Phi) is 1.97. The van der Waals surface area contributed by atoms with Crippen molar-refractivity contribution < 1.29 is 4.39 Å². The summed E-state index contributed by atoms with van der Waals surface area (Å²) in [7, 11) is 0. The van der Waals surface area contributed by atoms with E-state index in [-0.39, 0.29) is 11.2 Å². The molecule has 0 atom stereocenters. The smallest absolute Gasteiger partial charge is 0.123 e. The number of rotatable bonds is 0. The monoisotopic (exact) mass is 210 g/mol. The Labute approximate surface area is 88.4 Å². The first kappa shape index (κ1) is 9.72. The molecule has 2 heteroatoms. The van der Waals surface area contributed by atoms with Gasteiger partial charge in [0.2, 0.25) is 0 Å². The zero-order valence-corrected chi connectivity index (χ0v) is 9.24. The number of allylic oxidation sites excluding steroid dienone is 1. The van der Waals surface area contributed by atoms with Gasteiger partial charge in [0.25, 0.3) is 0 Å². The quantitative estimate of drug-likeness (QED) is 0.605. The fourth-order valence-corrected chi connectivity index (χ4v) is 2.30. The highest BCUT2D eigenvalue weighted by atomic mass is 35.5. The first-order valence-corrected chi connectivity index (χ1v) is 4.99. The fraction of sp³-hybridized carbons (Fsp3) is 0.333. The Morgan fingerprint density at radius 2 is 1.93 bits per heavy atom. The summed E-state index contributed by atoms with van der Waals surface area (Å²) in [5.41, 5.74) is 2.92. The molecule has 0 spiro atoms. The average Bonchev–Trinajstić information content (AvgIpc) is 2.29. The second kappa shape index (κ2) is 2.83. The van der Waals surface area contributed by atoms with Crippen LogP contribution in [0.3, 0.4) is 0 Å². The Bertz CT molecular complexity index is 430. The van der Waals surface area contributed by atoms with E-state index in [9.17, 15) is 4.39 Å². The third-order valence-corrected chi connectivity index (χ3v) is 3.65. The van der Waals surface area contributed by atoms with Crippen molar-refractivity contribution in [1.82, 2.24) is 0 Å². The van der Waals surface area contributed by atoms with Crippen LogP contribution in [-0.2, 0) is 5.41 Å². The van der Waals surface area contributed by atoms with Gasteiger partial charge in [-0.15, -0.1) is 0 Å². The lowest BCUT2D eigenvalue weighted by Crippen LogP contribution is -2.15. The molecule has 0 radical (unpaired) electrons. The first-order valence-electron chi connectivity index (χ1n) is 4.62. The second-order valence-corrected chi connectivity index (χ2v) is 4.63. The van der Waals surface area contributed by atoms with E-state index in [4.69, 9.17) is 11.6 Å². The molecule has 0 N–H and O–H groups in total. The molecule has 14 heavy (non-hydrogen) atoms. The minimum atomic E-state index is -0.198. The van der Waals surface area contributed by atoms with Crippen LogP contribution < -0.4 is 0 Å². The minimum absolute atomic E-state index is 0.144. The Balaban J connectivity index is 2.73. The van der Waals surface area contributed by atoms with Crippen molar-refractivity contribution in [2.24, 2.45) is 0 Å². The summed E-state index contributed by atoms with van der Waals surface area (Å²) >= 11 is 6.19. The number of halogens is 2. The van der Waals surface area contributed by atoms with Crippen LogP contribution in [0.1, 0.15) is 31.9 Å². The molecule has 1 aromatic rings. The van der Waals surface area contributed by atoms with E-state index in [0.717, 1.165) is 21.7 Å². The van der Waals surface area contributed by atoms with E-state index in [0.29, 0.717) is 0 Å². The number of hydrogen-bond acceptors (Lipinski definition) is 0. The van der Waals surface area contributed by atoms with Crippen molar-refractivity contribution in [2.75, 3.05) is 0 Å². The maximum absolute atomic E-state index is 13.1. The second-order valence-electron chi connectivity index (χ2n) is 4.25. The molecule has 0 saturated carbocycles. The molecule has 0 amide bonds. The van der Waals surface area contributed by atoms with E-state index >= 15 is 0 Å². The van der Waals surface area contributed by atoms with Gasteiger partial charge in [-0.2, -0.15) is 0 Å². The van der Waals surface area contributed by atoms with Gasteiger partial charge in [0.1, 0.15) is 5.82 Å². The van der Waals surface area contributed by atoms with Crippen LogP contribution in [-0.4, -0.2) is 0 Å². The van der Waals surface area contributed by atoms with E-state index < -0.39 is 0 Å². The normalized spacial score (nSPS) is 18.6. The highest BCUT2D eigenvalue weighted by Crippen LogP contribution is 2.47. The van der Waals surface area contributed by atoms with E-state index in [1.165, 1.54) is 6.07 Å². The Morgan fingerprint density at radius 3 is 2.57 bits per heavy atom. The van der Waals surface area contributed by atoms with Crippen molar-refractivity contribution in [3.63, 3.8) is 0 Å². The zero-order chi connectivity index (χ0) is 10.5. The van der Waals surface area contributed by atoms with Crippen LogP contribution in [0.15, 0.2) is 23.8 Å². The third kappa shape index (κ3) is 1.12. The van der Waals surface area contributed by atoms with Crippen molar-refractivity contribution in [3.8, 4) is 0 Å². The minimum Gasteiger partial charge on any atom is -0.207 e. The van der Waals surface area contributed by atoms with Crippen LogP contribution in [0.25, 0.3) is 5.03 Å². The standard InChI is InChI=1S/C12H12ClF/c1-7-11(13)9-5-4-8(14)6-10(9)12(7,2)3/h4-6H,1-3H3. The number of benzene rings is 1. The summed E-state index contributed by atoms with van der Waals surface area (Å²) in [4.78, 5) is 0. The lowest BCUT2D eigenvalue weighted by molar-refractivity contribution is 0.602. The van der Waals surface area contributed by atoms with Crippen molar-refractivity contribution >= 4 is 16.6 Å². The maximum atomic E-state index is 13.1. The van der Waals surface area contributed by atoms with Gasteiger partial charge >= 0.3 is 0 Å². The SMILES string of the molecule is CC1=C(Cl)c2ccc(F)cc2C1(C)C. The van der Waals surface area contributed by atoms with Crippen molar-refractivity contribution in [2.45, 2.75) is 26.2 Å². The van der Waals surface area contributed by atoms with Gasteiger partial charge in [0.05, 0.1) is 0 Å². The Morgan fingerprint density at radius 1 is 1.29 bits per heavy atom. The molecule has 0 fully saturated rings. The molecule has 74 valence electrons. The van der Waals surface area contributed by atoms with Gasteiger partial charge < -0.3 is 0 Å². The van der Waals surface area contributed by atoms with Crippen LogP contribution in [0.2, 0.25) is 0 Å². The van der Waals surface area contributed by atoms with Gasteiger partial charge in [-0.3, -0.25) is 0 Å². The summed E-state index contributed by atoms with van der Waals surface area (Å²) in [6, 6.07) is 4.79. The molecule has 0 aliphatic heterocycles. The van der Waals surface area contributed by atoms with Gasteiger partial charge in [-0.1, -0.05) is 31.5 Å². The van der Waals surface area contributed by atoms with Gasteiger partial charge in [0, 0.05) is 10.4 Å². The topological polar surface area (TPSA) is 0 Å². The van der Waals surface area contributed by atoms with E-state index in [1.54, 1.807) is 12.1 Å². The number of fused-ring (bicyclic) bond motifs is 1. The lowest BCUT2D eigenvalue weighted by atomic mass is 9.82. The van der Waals surface area contributed by atoms with E-state index in [2.05, 4.69) is 13.8 Å². The molecule has 0 bridgehead atoms. The third-order valence-electron chi connectivity index (χ3n) is 3.16.